The van der Waals surface area contributed by atoms with E-state index >= 15 is 0 Å². The summed E-state index contributed by atoms with van der Waals surface area (Å²) in [6.07, 6.45) is -10.1. The van der Waals surface area contributed by atoms with E-state index in [1.807, 2.05) is 0 Å². The molecule has 1 aromatic rings. The van der Waals surface area contributed by atoms with Crippen LogP contribution in [0.5, 0.6) is 0 Å². The van der Waals surface area contributed by atoms with Crippen molar-refractivity contribution in [1.82, 2.24) is 0 Å². The second kappa shape index (κ2) is 9.53. The third-order valence-corrected chi connectivity index (χ3v) is 3.18. The normalized spacial score (nSPS) is 19.8. The van der Waals surface area contributed by atoms with Gasteiger partial charge in [-0.25, -0.2) is 0 Å². The molecule has 0 aliphatic carbocycles. The SMILES string of the molecule is OC[C@H](O)[C@H](O)[C@H](O)[C@H](O)[C@@H](O)[C@H](O)/C=N\Nc1ccccc1. The van der Waals surface area contributed by atoms with Crippen LogP contribution in [0, 0.1) is 0 Å². The number of para-hydroxylation sites is 1. The van der Waals surface area contributed by atoms with Gasteiger partial charge in [0.15, 0.2) is 0 Å². The van der Waals surface area contributed by atoms with Crippen molar-refractivity contribution in [3.63, 3.8) is 0 Å². The molecule has 0 aromatic heterocycles. The highest BCUT2D eigenvalue weighted by molar-refractivity contribution is 5.65. The Labute approximate surface area is 132 Å². The van der Waals surface area contributed by atoms with Gasteiger partial charge in [-0.1, -0.05) is 18.2 Å². The zero-order chi connectivity index (χ0) is 17.4. The highest BCUT2D eigenvalue weighted by atomic mass is 16.4. The molecule has 0 aliphatic heterocycles. The van der Waals surface area contributed by atoms with Crippen molar-refractivity contribution >= 4 is 11.9 Å². The number of hydrazone groups is 1. The molecule has 0 spiro atoms. The molecule has 0 unspecified atom stereocenters. The van der Waals surface area contributed by atoms with Crippen molar-refractivity contribution in [2.45, 2.75) is 36.6 Å². The fourth-order valence-corrected chi connectivity index (χ4v) is 1.73. The Morgan fingerprint density at radius 3 is 2.00 bits per heavy atom. The van der Waals surface area contributed by atoms with Crippen molar-refractivity contribution < 1.29 is 35.7 Å². The van der Waals surface area contributed by atoms with Crippen LogP contribution in [0.25, 0.3) is 0 Å². The molecular formula is C14H22N2O7. The first kappa shape index (κ1) is 19.5. The van der Waals surface area contributed by atoms with Gasteiger partial charge in [-0.3, -0.25) is 5.43 Å². The smallest absolute Gasteiger partial charge is 0.119 e. The summed E-state index contributed by atoms with van der Waals surface area (Å²) in [5.41, 5.74) is 3.21. The Morgan fingerprint density at radius 1 is 0.870 bits per heavy atom. The zero-order valence-electron chi connectivity index (χ0n) is 12.2. The number of benzene rings is 1. The zero-order valence-corrected chi connectivity index (χ0v) is 12.2. The number of hydrogen-bond acceptors (Lipinski definition) is 9. The molecule has 0 bridgehead atoms. The minimum Gasteiger partial charge on any atom is -0.394 e. The van der Waals surface area contributed by atoms with Crippen LogP contribution in [0.4, 0.5) is 5.69 Å². The fourth-order valence-electron chi connectivity index (χ4n) is 1.73. The van der Waals surface area contributed by atoms with E-state index in [9.17, 15) is 30.6 Å². The number of nitrogens with one attached hydrogen (secondary N) is 1. The molecule has 0 heterocycles. The molecule has 0 saturated heterocycles. The largest absolute Gasteiger partial charge is 0.394 e. The summed E-state index contributed by atoms with van der Waals surface area (Å²) in [6, 6.07) is 8.75. The van der Waals surface area contributed by atoms with E-state index in [1.165, 1.54) is 0 Å². The lowest BCUT2D eigenvalue weighted by molar-refractivity contribution is -0.150. The predicted octanol–water partition coefficient (Wildman–Crippen LogP) is -2.76. The third-order valence-electron chi connectivity index (χ3n) is 3.18. The minimum atomic E-state index is -1.97. The molecule has 0 amide bonds. The fraction of sp³-hybridized carbons (Fsp3) is 0.500. The Hall–Kier alpha value is -1.59. The molecule has 9 nitrogen and oxygen atoms in total. The molecule has 130 valence electrons. The average Bonchev–Trinajstić information content (AvgIpc) is 2.59. The first-order chi connectivity index (χ1) is 10.9. The van der Waals surface area contributed by atoms with Crippen LogP contribution in [0.15, 0.2) is 35.4 Å². The Kier molecular flexibility index (Phi) is 8.06. The quantitative estimate of drug-likeness (QED) is 0.178. The van der Waals surface area contributed by atoms with E-state index in [0.29, 0.717) is 5.69 Å². The van der Waals surface area contributed by atoms with Crippen LogP contribution in [0.3, 0.4) is 0 Å². The summed E-state index contributed by atoms with van der Waals surface area (Å²) in [5, 5.41) is 69.7. The van der Waals surface area contributed by atoms with Crippen LogP contribution >= 0.6 is 0 Å². The maximum absolute atomic E-state index is 9.72. The van der Waals surface area contributed by atoms with Gasteiger partial charge in [-0.05, 0) is 12.1 Å². The van der Waals surface area contributed by atoms with Crippen molar-refractivity contribution in [3.8, 4) is 0 Å². The first-order valence-corrected chi connectivity index (χ1v) is 6.92. The molecule has 9 heteroatoms. The van der Waals surface area contributed by atoms with Gasteiger partial charge < -0.3 is 35.7 Å². The molecule has 0 radical (unpaired) electrons. The van der Waals surface area contributed by atoms with Gasteiger partial charge in [0.05, 0.1) is 18.5 Å². The van der Waals surface area contributed by atoms with Crippen molar-refractivity contribution in [2.75, 3.05) is 12.0 Å². The van der Waals surface area contributed by atoms with Crippen LogP contribution in [-0.2, 0) is 0 Å². The van der Waals surface area contributed by atoms with Crippen molar-refractivity contribution in [3.05, 3.63) is 30.3 Å². The number of hydrogen-bond donors (Lipinski definition) is 8. The highest BCUT2D eigenvalue weighted by Gasteiger charge is 2.36. The second-order valence-corrected chi connectivity index (χ2v) is 4.96. The van der Waals surface area contributed by atoms with Crippen molar-refractivity contribution in [1.29, 1.82) is 0 Å². The summed E-state index contributed by atoms with van der Waals surface area (Å²) >= 11 is 0. The molecular weight excluding hydrogens is 308 g/mol. The summed E-state index contributed by atoms with van der Waals surface area (Å²) in [7, 11) is 0. The summed E-state index contributed by atoms with van der Waals surface area (Å²) in [4.78, 5) is 0. The number of rotatable bonds is 9. The van der Waals surface area contributed by atoms with E-state index < -0.39 is 43.2 Å². The molecule has 0 saturated carbocycles. The first-order valence-electron chi connectivity index (χ1n) is 6.92. The van der Waals surface area contributed by atoms with Crippen LogP contribution in [-0.4, -0.2) is 85.2 Å². The van der Waals surface area contributed by atoms with E-state index in [4.69, 9.17) is 5.11 Å². The molecule has 6 atom stereocenters. The number of aliphatic hydroxyl groups excluding tert-OH is 7. The lowest BCUT2D eigenvalue weighted by Gasteiger charge is -2.29. The highest BCUT2D eigenvalue weighted by Crippen LogP contribution is 2.11. The third kappa shape index (κ3) is 5.84. The Balaban J connectivity index is 2.55. The van der Waals surface area contributed by atoms with E-state index in [1.54, 1.807) is 30.3 Å². The minimum absolute atomic E-state index is 0.632. The maximum atomic E-state index is 9.72. The Morgan fingerprint density at radius 2 is 1.43 bits per heavy atom. The number of anilines is 1. The van der Waals surface area contributed by atoms with E-state index in [2.05, 4.69) is 10.5 Å². The van der Waals surface area contributed by atoms with E-state index in [0.717, 1.165) is 6.21 Å². The van der Waals surface area contributed by atoms with Gasteiger partial charge in [-0.15, -0.1) is 0 Å². The van der Waals surface area contributed by atoms with Crippen LogP contribution in [0.1, 0.15) is 0 Å². The number of aliphatic hydroxyl groups is 7. The lowest BCUT2D eigenvalue weighted by Crippen LogP contribution is -2.53. The van der Waals surface area contributed by atoms with Gasteiger partial charge in [0, 0.05) is 0 Å². The van der Waals surface area contributed by atoms with Crippen LogP contribution < -0.4 is 5.43 Å². The second-order valence-electron chi connectivity index (χ2n) is 4.96. The van der Waals surface area contributed by atoms with Gasteiger partial charge in [0.25, 0.3) is 0 Å². The summed E-state index contributed by atoms with van der Waals surface area (Å²) in [6.45, 7) is -0.841. The monoisotopic (exact) mass is 330 g/mol. The van der Waals surface area contributed by atoms with Gasteiger partial charge in [0.1, 0.15) is 36.6 Å². The standard InChI is InChI=1S/C14H22N2O7/c17-7-10(19)12(21)14(23)13(22)11(20)9(18)6-15-16-8-4-2-1-3-5-8/h1-6,9-14,16-23H,7H2/b15-6-/t9-,10+,11+,12+,13-,14+/m1/s1. The van der Waals surface area contributed by atoms with E-state index in [-0.39, 0.29) is 0 Å². The molecule has 1 rings (SSSR count). The summed E-state index contributed by atoms with van der Waals surface area (Å²) < 4.78 is 0. The molecule has 8 N–H and O–H groups in total. The molecule has 23 heavy (non-hydrogen) atoms. The van der Waals surface area contributed by atoms with Crippen LogP contribution in [0.2, 0.25) is 0 Å². The average molecular weight is 330 g/mol. The predicted molar refractivity (Wildman–Crippen MR) is 81.7 cm³/mol. The maximum Gasteiger partial charge on any atom is 0.119 e. The molecule has 0 fully saturated rings. The number of nitrogens with zero attached hydrogens (tertiary/aromatic N) is 1. The van der Waals surface area contributed by atoms with Gasteiger partial charge in [-0.2, -0.15) is 5.10 Å². The molecule has 0 aliphatic rings. The lowest BCUT2D eigenvalue weighted by atomic mass is 9.97. The summed E-state index contributed by atoms with van der Waals surface area (Å²) in [5.74, 6) is 0. The Bertz CT molecular complexity index is 473. The van der Waals surface area contributed by atoms with Crippen molar-refractivity contribution in [2.24, 2.45) is 5.10 Å². The van der Waals surface area contributed by atoms with Gasteiger partial charge >= 0.3 is 0 Å². The van der Waals surface area contributed by atoms with Gasteiger partial charge in [0.2, 0.25) is 0 Å². The molecule has 1 aromatic carbocycles. The topological polar surface area (TPSA) is 166 Å².